The lowest BCUT2D eigenvalue weighted by atomic mass is 10.2. The molecule has 1 aromatic carbocycles. The van der Waals surface area contributed by atoms with Gasteiger partial charge in [0.15, 0.2) is 11.5 Å². The number of benzene rings is 1. The maximum absolute atomic E-state index is 12.5. The summed E-state index contributed by atoms with van der Waals surface area (Å²) in [6.07, 6.45) is 5.29. The summed E-state index contributed by atoms with van der Waals surface area (Å²) in [6, 6.07) is 13.8. The molecule has 3 aromatic rings. The molecule has 0 bridgehead atoms. The van der Waals surface area contributed by atoms with Gasteiger partial charge >= 0.3 is 0 Å². The second-order valence-corrected chi connectivity index (χ2v) is 9.01. The van der Waals surface area contributed by atoms with Crippen molar-refractivity contribution in [1.82, 2.24) is 19.9 Å². The van der Waals surface area contributed by atoms with E-state index in [0.717, 1.165) is 38.8 Å². The van der Waals surface area contributed by atoms with Crippen molar-refractivity contribution in [2.75, 3.05) is 17.8 Å². The van der Waals surface area contributed by atoms with Crippen molar-refractivity contribution in [1.29, 1.82) is 0 Å². The number of nitrogens with one attached hydrogen (secondary N) is 1. The number of hydrogen-bond acceptors (Lipinski definition) is 5. The summed E-state index contributed by atoms with van der Waals surface area (Å²) >= 11 is 6.88. The van der Waals surface area contributed by atoms with Crippen molar-refractivity contribution in [2.45, 2.75) is 23.8 Å². The van der Waals surface area contributed by atoms with Crippen molar-refractivity contribution < 1.29 is 4.79 Å². The van der Waals surface area contributed by atoms with E-state index in [1.807, 2.05) is 40.9 Å². The van der Waals surface area contributed by atoms with Crippen LogP contribution in [-0.2, 0) is 4.79 Å². The second kappa shape index (κ2) is 10.1. The molecule has 0 fully saturated rings. The van der Waals surface area contributed by atoms with Gasteiger partial charge in [0.05, 0.1) is 6.04 Å². The zero-order chi connectivity index (χ0) is 19.1. The number of amides is 1. The topological polar surface area (TPSA) is 59.3 Å². The van der Waals surface area contributed by atoms with Gasteiger partial charge in [-0.25, -0.2) is 0 Å². The number of carbonyl (C=O) groups excluding carboxylic acids is 1. The van der Waals surface area contributed by atoms with Gasteiger partial charge in [-0.05, 0) is 54.8 Å². The monoisotopic (exact) mass is 464 g/mol. The molecule has 0 aliphatic rings. The molecule has 0 spiro atoms. The second-order valence-electron chi connectivity index (χ2n) is 5.94. The number of fused-ring (bicyclic) bond motifs is 1. The SMILES string of the molecule is CSCCC(NC(=O)CCSc1ccc(Br)cc1)c1nnc2ccccn12. The van der Waals surface area contributed by atoms with Gasteiger partial charge in [0.2, 0.25) is 5.91 Å². The fourth-order valence-electron chi connectivity index (χ4n) is 2.66. The fourth-order valence-corrected chi connectivity index (χ4v) is 4.25. The molecule has 1 amide bonds. The molecule has 1 N–H and O–H groups in total. The van der Waals surface area contributed by atoms with Crippen LogP contribution in [0.5, 0.6) is 0 Å². The molecule has 0 saturated heterocycles. The third-order valence-corrected chi connectivity index (χ3v) is 6.20. The molecule has 2 aromatic heterocycles. The van der Waals surface area contributed by atoms with E-state index in [-0.39, 0.29) is 11.9 Å². The highest BCUT2D eigenvalue weighted by molar-refractivity contribution is 9.10. The van der Waals surface area contributed by atoms with Crippen LogP contribution in [0.2, 0.25) is 0 Å². The average Bonchev–Trinajstić information content (AvgIpc) is 3.11. The molecule has 8 heteroatoms. The molecular formula is C19H21BrN4OS2. The van der Waals surface area contributed by atoms with Crippen LogP contribution in [0.25, 0.3) is 5.65 Å². The first-order valence-electron chi connectivity index (χ1n) is 8.63. The van der Waals surface area contributed by atoms with E-state index in [1.54, 1.807) is 23.5 Å². The first kappa shape index (κ1) is 20.2. The van der Waals surface area contributed by atoms with Crippen LogP contribution in [0.1, 0.15) is 24.7 Å². The summed E-state index contributed by atoms with van der Waals surface area (Å²) in [7, 11) is 0. The molecule has 2 heterocycles. The minimum atomic E-state index is -0.139. The number of pyridine rings is 1. The van der Waals surface area contributed by atoms with Crippen LogP contribution in [0.4, 0.5) is 0 Å². The third kappa shape index (κ3) is 5.73. The highest BCUT2D eigenvalue weighted by Gasteiger charge is 2.20. The van der Waals surface area contributed by atoms with E-state index in [9.17, 15) is 4.79 Å². The zero-order valence-electron chi connectivity index (χ0n) is 15.0. The maximum atomic E-state index is 12.5. The Balaban J connectivity index is 1.60. The first-order valence-corrected chi connectivity index (χ1v) is 11.8. The number of carbonyl (C=O) groups is 1. The van der Waals surface area contributed by atoms with E-state index in [1.165, 1.54) is 0 Å². The van der Waals surface area contributed by atoms with Crippen LogP contribution in [0.3, 0.4) is 0 Å². The molecule has 27 heavy (non-hydrogen) atoms. The Hall–Kier alpha value is -1.51. The minimum absolute atomic E-state index is 0.0402. The number of hydrogen-bond donors (Lipinski definition) is 1. The Morgan fingerprint density at radius 3 is 2.78 bits per heavy atom. The minimum Gasteiger partial charge on any atom is -0.346 e. The Kier molecular flexibility index (Phi) is 7.60. The third-order valence-electron chi connectivity index (χ3n) is 4.01. The molecule has 0 aliphatic heterocycles. The van der Waals surface area contributed by atoms with Crippen molar-refractivity contribution in [2.24, 2.45) is 0 Å². The molecule has 3 rings (SSSR count). The van der Waals surface area contributed by atoms with E-state index in [4.69, 9.17) is 0 Å². The van der Waals surface area contributed by atoms with Gasteiger partial charge in [0, 0.05) is 27.7 Å². The highest BCUT2D eigenvalue weighted by Crippen LogP contribution is 2.22. The molecular weight excluding hydrogens is 444 g/mol. The predicted molar refractivity (Wildman–Crippen MR) is 116 cm³/mol. The summed E-state index contributed by atoms with van der Waals surface area (Å²) in [5.74, 6) is 2.51. The number of rotatable bonds is 9. The van der Waals surface area contributed by atoms with Crippen LogP contribution >= 0.6 is 39.5 Å². The van der Waals surface area contributed by atoms with Crippen LogP contribution in [0.15, 0.2) is 58.0 Å². The van der Waals surface area contributed by atoms with Gasteiger partial charge in [-0.15, -0.1) is 22.0 Å². The molecule has 0 saturated carbocycles. The molecule has 1 unspecified atom stereocenters. The van der Waals surface area contributed by atoms with E-state index >= 15 is 0 Å². The molecule has 142 valence electrons. The van der Waals surface area contributed by atoms with Gasteiger partial charge in [-0.3, -0.25) is 9.20 Å². The van der Waals surface area contributed by atoms with Crippen LogP contribution in [0, 0.1) is 0 Å². The molecule has 5 nitrogen and oxygen atoms in total. The van der Waals surface area contributed by atoms with E-state index in [2.05, 4.69) is 49.8 Å². The largest absolute Gasteiger partial charge is 0.346 e. The number of nitrogens with zero attached hydrogens (tertiary/aromatic N) is 3. The molecule has 0 aliphatic carbocycles. The normalized spacial score (nSPS) is 12.2. The molecule has 0 radical (unpaired) electrons. The quantitative estimate of drug-likeness (QED) is 0.469. The lowest BCUT2D eigenvalue weighted by molar-refractivity contribution is -0.121. The summed E-state index contributed by atoms with van der Waals surface area (Å²) in [4.78, 5) is 13.7. The van der Waals surface area contributed by atoms with E-state index in [0.29, 0.717) is 6.42 Å². The summed E-state index contributed by atoms with van der Waals surface area (Å²) < 4.78 is 3.00. The van der Waals surface area contributed by atoms with Gasteiger partial charge in [0.25, 0.3) is 0 Å². The van der Waals surface area contributed by atoms with Crippen molar-refractivity contribution in [3.8, 4) is 0 Å². The average molecular weight is 465 g/mol. The number of halogens is 1. The van der Waals surface area contributed by atoms with Crippen LogP contribution < -0.4 is 5.32 Å². The molecule has 1 atom stereocenters. The van der Waals surface area contributed by atoms with Gasteiger partial charge < -0.3 is 5.32 Å². The standard InChI is InChI=1S/C19H21BrN4OS2/c1-26-12-9-16(19-23-22-17-4-2-3-11-24(17)19)21-18(25)10-13-27-15-7-5-14(20)6-8-15/h2-8,11,16H,9-10,12-13H2,1H3,(H,21,25). The van der Waals surface area contributed by atoms with Crippen LogP contribution in [-0.4, -0.2) is 38.3 Å². The van der Waals surface area contributed by atoms with Crippen molar-refractivity contribution in [3.05, 3.63) is 59.0 Å². The Morgan fingerprint density at radius 1 is 1.19 bits per heavy atom. The smallest absolute Gasteiger partial charge is 0.221 e. The summed E-state index contributed by atoms with van der Waals surface area (Å²) in [6.45, 7) is 0. The maximum Gasteiger partial charge on any atom is 0.221 e. The van der Waals surface area contributed by atoms with Gasteiger partial charge in [-0.2, -0.15) is 11.8 Å². The highest BCUT2D eigenvalue weighted by atomic mass is 79.9. The van der Waals surface area contributed by atoms with Gasteiger partial charge in [0.1, 0.15) is 0 Å². The zero-order valence-corrected chi connectivity index (χ0v) is 18.2. The van der Waals surface area contributed by atoms with E-state index < -0.39 is 0 Å². The Labute approximate surface area is 175 Å². The first-order chi connectivity index (χ1) is 13.2. The lowest BCUT2D eigenvalue weighted by Gasteiger charge is -2.17. The Morgan fingerprint density at radius 2 is 2.00 bits per heavy atom. The summed E-state index contributed by atoms with van der Waals surface area (Å²) in [5.41, 5.74) is 0.793. The Bertz CT molecular complexity index is 885. The number of thioether (sulfide) groups is 2. The number of aromatic nitrogens is 3. The predicted octanol–water partition coefficient (Wildman–Crippen LogP) is 4.58. The summed E-state index contributed by atoms with van der Waals surface area (Å²) in [5, 5.41) is 11.7. The lowest BCUT2D eigenvalue weighted by Crippen LogP contribution is -2.30. The fraction of sp³-hybridized carbons (Fsp3) is 0.316. The van der Waals surface area contributed by atoms with Gasteiger partial charge in [-0.1, -0.05) is 22.0 Å². The van der Waals surface area contributed by atoms with Crippen molar-refractivity contribution >= 4 is 51.0 Å². The van der Waals surface area contributed by atoms with Crippen molar-refractivity contribution in [3.63, 3.8) is 0 Å².